The van der Waals surface area contributed by atoms with Crippen LogP contribution in [0.1, 0.15) is 51.0 Å². The Morgan fingerprint density at radius 1 is 1.30 bits per heavy atom. The summed E-state index contributed by atoms with van der Waals surface area (Å²) in [7, 11) is 0. The summed E-state index contributed by atoms with van der Waals surface area (Å²) in [5.74, 6) is 0.132. The van der Waals surface area contributed by atoms with Crippen molar-refractivity contribution in [3.8, 4) is 0 Å². The molecule has 0 spiro atoms. The second-order valence-corrected chi connectivity index (χ2v) is 8.14. The second-order valence-electron chi connectivity index (χ2n) is 6.60. The van der Waals surface area contributed by atoms with Crippen molar-refractivity contribution in [1.82, 2.24) is 5.32 Å². The van der Waals surface area contributed by atoms with Gasteiger partial charge in [-0.1, -0.05) is 30.5 Å². The smallest absolute Gasteiger partial charge is 0.220 e. The van der Waals surface area contributed by atoms with E-state index in [-0.39, 0.29) is 29.1 Å². The predicted molar refractivity (Wildman–Crippen MR) is 101 cm³/mol. The number of aryl methyl sites for hydroxylation is 1. The highest BCUT2D eigenvalue weighted by Crippen LogP contribution is 2.44. The van der Waals surface area contributed by atoms with Gasteiger partial charge in [-0.25, -0.2) is 0 Å². The molecule has 3 N–H and O–H groups in total. The molecule has 0 saturated heterocycles. The van der Waals surface area contributed by atoms with E-state index < -0.39 is 0 Å². The van der Waals surface area contributed by atoms with Crippen molar-refractivity contribution in [3.05, 3.63) is 29.8 Å². The van der Waals surface area contributed by atoms with Crippen LogP contribution in [0.3, 0.4) is 0 Å². The number of hydrogen-bond acceptors (Lipinski definition) is 3. The second kappa shape index (κ2) is 9.55. The van der Waals surface area contributed by atoms with Crippen LogP contribution < -0.4 is 11.1 Å². The topological polar surface area (TPSA) is 55.1 Å². The first-order valence-corrected chi connectivity index (χ1v) is 9.09. The number of carbonyl (C=O) groups is 1. The van der Waals surface area contributed by atoms with Crippen molar-refractivity contribution in [3.63, 3.8) is 0 Å². The van der Waals surface area contributed by atoms with Crippen molar-refractivity contribution < 1.29 is 4.79 Å². The van der Waals surface area contributed by atoms with Crippen LogP contribution >= 0.6 is 24.2 Å². The summed E-state index contributed by atoms with van der Waals surface area (Å²) in [6.45, 7) is 4.82. The molecular weight excluding hydrogens is 328 g/mol. The number of hydrogen-bond donors (Lipinski definition) is 2. The van der Waals surface area contributed by atoms with Crippen LogP contribution in [-0.4, -0.2) is 23.2 Å². The lowest BCUT2D eigenvalue weighted by atomic mass is 10.1. The molecule has 1 amide bonds. The minimum atomic E-state index is 0. The SMILES string of the molecule is Cc1ccc(SC2(CNC(=O)CCC(C)N)CCCC2)cc1.Cl. The van der Waals surface area contributed by atoms with E-state index in [0.717, 1.165) is 13.0 Å². The number of carbonyl (C=O) groups excluding carboxylic acids is 1. The first-order valence-electron chi connectivity index (χ1n) is 8.27. The van der Waals surface area contributed by atoms with Gasteiger partial charge in [0.1, 0.15) is 0 Å². The predicted octanol–water partition coefficient (Wildman–Crippen LogP) is 4.07. The third-order valence-electron chi connectivity index (χ3n) is 4.30. The fourth-order valence-corrected chi connectivity index (χ4v) is 4.31. The van der Waals surface area contributed by atoms with E-state index in [4.69, 9.17) is 5.73 Å². The summed E-state index contributed by atoms with van der Waals surface area (Å²) >= 11 is 1.93. The van der Waals surface area contributed by atoms with Gasteiger partial charge in [0.25, 0.3) is 0 Å². The zero-order chi connectivity index (χ0) is 16.0. The zero-order valence-corrected chi connectivity index (χ0v) is 15.8. The summed E-state index contributed by atoms with van der Waals surface area (Å²) in [6.07, 6.45) is 6.16. The molecule has 3 nitrogen and oxygen atoms in total. The summed E-state index contributed by atoms with van der Waals surface area (Å²) in [6, 6.07) is 8.79. The molecule has 1 saturated carbocycles. The molecular formula is C18H29ClN2OS. The molecule has 0 aliphatic heterocycles. The molecule has 0 bridgehead atoms. The Bertz CT molecular complexity index is 484. The molecule has 0 radical (unpaired) electrons. The molecule has 1 aliphatic rings. The van der Waals surface area contributed by atoms with Gasteiger partial charge in [-0.3, -0.25) is 4.79 Å². The summed E-state index contributed by atoms with van der Waals surface area (Å²) in [5, 5.41) is 3.14. The lowest BCUT2D eigenvalue weighted by Gasteiger charge is -2.29. The maximum atomic E-state index is 12.0. The molecule has 1 unspecified atom stereocenters. The number of benzene rings is 1. The molecule has 1 fully saturated rings. The van der Waals surface area contributed by atoms with Crippen molar-refractivity contribution in [2.24, 2.45) is 5.73 Å². The van der Waals surface area contributed by atoms with Crippen LogP contribution in [0.4, 0.5) is 0 Å². The number of nitrogens with two attached hydrogens (primary N) is 1. The van der Waals surface area contributed by atoms with E-state index in [1.165, 1.54) is 36.1 Å². The Hall–Kier alpha value is -0.710. The van der Waals surface area contributed by atoms with Crippen molar-refractivity contribution >= 4 is 30.1 Å². The fraction of sp³-hybridized carbons (Fsp3) is 0.611. The van der Waals surface area contributed by atoms with Crippen LogP contribution in [0.15, 0.2) is 29.2 Å². The zero-order valence-electron chi connectivity index (χ0n) is 14.1. The number of amides is 1. The van der Waals surface area contributed by atoms with Crippen molar-refractivity contribution in [2.75, 3.05) is 6.54 Å². The maximum absolute atomic E-state index is 12.0. The van der Waals surface area contributed by atoms with Gasteiger partial charge in [0.05, 0.1) is 0 Å². The lowest BCUT2D eigenvalue weighted by molar-refractivity contribution is -0.121. The van der Waals surface area contributed by atoms with Crippen LogP contribution in [-0.2, 0) is 4.79 Å². The minimum absolute atomic E-state index is 0. The van der Waals surface area contributed by atoms with Crippen molar-refractivity contribution in [1.29, 1.82) is 0 Å². The lowest BCUT2D eigenvalue weighted by Crippen LogP contribution is -2.38. The molecule has 1 aromatic rings. The number of nitrogens with one attached hydrogen (secondary N) is 1. The number of thioether (sulfide) groups is 1. The van der Waals surface area contributed by atoms with Crippen LogP contribution in [0.25, 0.3) is 0 Å². The molecule has 5 heteroatoms. The molecule has 1 aromatic carbocycles. The largest absolute Gasteiger partial charge is 0.355 e. The van der Waals surface area contributed by atoms with E-state index in [2.05, 4.69) is 36.5 Å². The van der Waals surface area contributed by atoms with Crippen molar-refractivity contribution in [2.45, 2.75) is 68.1 Å². The summed E-state index contributed by atoms with van der Waals surface area (Å²) in [4.78, 5) is 13.3. The van der Waals surface area contributed by atoms with Gasteiger partial charge in [-0.15, -0.1) is 24.2 Å². The highest BCUT2D eigenvalue weighted by molar-refractivity contribution is 8.00. The van der Waals surface area contributed by atoms with Gasteiger partial charge in [0, 0.05) is 28.6 Å². The van der Waals surface area contributed by atoms with E-state index in [1.54, 1.807) is 0 Å². The Kier molecular flexibility index (Phi) is 8.45. The Morgan fingerprint density at radius 3 is 2.48 bits per heavy atom. The van der Waals surface area contributed by atoms with Crippen LogP contribution in [0, 0.1) is 6.92 Å². The normalized spacial score (nSPS) is 17.3. The van der Waals surface area contributed by atoms with E-state index in [9.17, 15) is 4.79 Å². The quantitative estimate of drug-likeness (QED) is 0.774. The number of halogens is 1. The summed E-state index contributed by atoms with van der Waals surface area (Å²) in [5.41, 5.74) is 7.00. The Morgan fingerprint density at radius 2 is 1.91 bits per heavy atom. The maximum Gasteiger partial charge on any atom is 0.220 e. The van der Waals surface area contributed by atoms with Crippen LogP contribution in [0.2, 0.25) is 0 Å². The van der Waals surface area contributed by atoms with Gasteiger partial charge in [0.15, 0.2) is 0 Å². The Labute approximate surface area is 150 Å². The average Bonchev–Trinajstić information content (AvgIpc) is 2.94. The first-order chi connectivity index (χ1) is 10.5. The van der Waals surface area contributed by atoms with Gasteiger partial charge in [-0.05, 0) is 45.2 Å². The highest BCUT2D eigenvalue weighted by Gasteiger charge is 2.35. The minimum Gasteiger partial charge on any atom is -0.355 e. The molecule has 130 valence electrons. The molecule has 1 aliphatic carbocycles. The fourth-order valence-electron chi connectivity index (χ4n) is 2.90. The van der Waals surface area contributed by atoms with Gasteiger partial charge < -0.3 is 11.1 Å². The van der Waals surface area contributed by atoms with E-state index in [0.29, 0.717) is 6.42 Å². The molecule has 2 rings (SSSR count). The van der Waals surface area contributed by atoms with Gasteiger partial charge in [-0.2, -0.15) is 0 Å². The number of rotatable bonds is 7. The molecule has 0 heterocycles. The van der Waals surface area contributed by atoms with Gasteiger partial charge in [0.2, 0.25) is 5.91 Å². The molecule has 0 aromatic heterocycles. The Balaban J connectivity index is 0.00000264. The van der Waals surface area contributed by atoms with Crippen LogP contribution in [0.5, 0.6) is 0 Å². The monoisotopic (exact) mass is 356 g/mol. The molecule has 1 atom stereocenters. The van der Waals surface area contributed by atoms with E-state index >= 15 is 0 Å². The summed E-state index contributed by atoms with van der Waals surface area (Å²) < 4.78 is 0.166. The first kappa shape index (κ1) is 20.3. The third-order valence-corrected chi connectivity index (χ3v) is 5.80. The standard InChI is InChI=1S/C18H28N2OS.ClH/c1-14-5-8-16(9-6-14)22-18(11-3-4-12-18)13-20-17(21)10-7-15(2)19;/h5-6,8-9,15H,3-4,7,10-13,19H2,1-2H3,(H,20,21);1H. The van der Waals surface area contributed by atoms with E-state index in [1.807, 2.05) is 18.7 Å². The average molecular weight is 357 g/mol. The van der Waals surface area contributed by atoms with Gasteiger partial charge >= 0.3 is 0 Å². The third kappa shape index (κ3) is 6.74. The molecule has 23 heavy (non-hydrogen) atoms. The highest BCUT2D eigenvalue weighted by atomic mass is 35.5.